The van der Waals surface area contributed by atoms with Crippen molar-refractivity contribution in [2.24, 2.45) is 0 Å². The molecule has 0 spiro atoms. The van der Waals surface area contributed by atoms with Gasteiger partial charge in [-0.1, -0.05) is 161 Å². The van der Waals surface area contributed by atoms with Gasteiger partial charge in [-0.25, -0.2) is 29.9 Å². The van der Waals surface area contributed by atoms with Crippen LogP contribution < -0.4 is 20.0 Å². The van der Waals surface area contributed by atoms with Crippen molar-refractivity contribution in [3.05, 3.63) is 145 Å². The molecule has 462 valence electrons. The topological polar surface area (TPSA) is 122 Å². The maximum Gasteiger partial charge on any atom is 0.137 e. The zero-order valence-electron chi connectivity index (χ0n) is 56.1. The number of hydrogen-bond acceptors (Lipinski definition) is 11. The molecule has 84 heavy (non-hydrogen) atoms. The molecule has 1 N–H and O–H groups in total. The first-order valence-corrected chi connectivity index (χ1v) is 32.3. The molecule has 0 amide bonds. The van der Waals surface area contributed by atoms with Crippen molar-refractivity contribution in [2.75, 3.05) is 80.3 Å². The minimum atomic E-state index is 0.764. The third kappa shape index (κ3) is 20.9. The monoisotopic (exact) mass is 1150 g/mol. The molecule has 0 saturated carbocycles. The summed E-state index contributed by atoms with van der Waals surface area (Å²) in [5.41, 5.74) is 12.1. The number of imidazole rings is 3. The second kappa shape index (κ2) is 44.4. The third-order valence-corrected chi connectivity index (χ3v) is 12.5. The minimum absolute atomic E-state index is 0.764. The Balaban J connectivity index is 0.000000554. The molecular formula is C70H111N13O. The molecule has 14 nitrogen and oxygen atoms in total. The molecule has 0 radical (unpaired) electrons. The molecule has 12 heterocycles. The molecule has 0 unspecified atom stereocenters. The van der Waals surface area contributed by atoms with E-state index in [0.29, 0.717) is 0 Å². The SMILES string of the molecule is CC.CC.CC.CC.CC.CC.CC.CC.CC.Cc1nc2ccccn2c1-c1cccc(N2CCCCC2)n1.Cc1nc2ccccn2c1-c1cccc(N2CCNCC2)n1.Cc1nc2ccccn2c1-c1cccc(N2CCOCC2)n1. The number of rotatable bonds is 6. The van der Waals surface area contributed by atoms with Crippen LogP contribution in [0.25, 0.3) is 51.1 Å². The van der Waals surface area contributed by atoms with Gasteiger partial charge in [0.15, 0.2) is 0 Å². The summed E-state index contributed by atoms with van der Waals surface area (Å²) < 4.78 is 11.7. The highest BCUT2D eigenvalue weighted by molar-refractivity contribution is 5.68. The maximum absolute atomic E-state index is 5.42. The van der Waals surface area contributed by atoms with E-state index in [0.717, 1.165) is 151 Å². The largest absolute Gasteiger partial charge is 0.378 e. The highest BCUT2D eigenvalue weighted by Gasteiger charge is 2.19. The summed E-state index contributed by atoms with van der Waals surface area (Å²) in [6.07, 6.45) is 10.0. The van der Waals surface area contributed by atoms with Crippen molar-refractivity contribution < 1.29 is 4.74 Å². The summed E-state index contributed by atoms with van der Waals surface area (Å²) >= 11 is 0. The van der Waals surface area contributed by atoms with Gasteiger partial charge in [0.2, 0.25) is 0 Å². The average molecular weight is 1150 g/mol. The lowest BCUT2D eigenvalue weighted by Crippen LogP contribution is -2.43. The number of morpholine rings is 1. The van der Waals surface area contributed by atoms with E-state index in [1.54, 1.807) is 0 Å². The Morgan fingerprint density at radius 2 is 0.619 bits per heavy atom. The Kier molecular flexibility index (Phi) is 39.5. The number of nitrogens with zero attached hydrogens (tertiary/aromatic N) is 12. The van der Waals surface area contributed by atoms with Crippen LogP contribution in [0.2, 0.25) is 0 Å². The van der Waals surface area contributed by atoms with Crippen LogP contribution in [0.4, 0.5) is 17.5 Å². The van der Waals surface area contributed by atoms with E-state index in [9.17, 15) is 0 Å². The van der Waals surface area contributed by atoms with E-state index in [1.807, 2.05) is 212 Å². The molecule has 3 aliphatic heterocycles. The number of aromatic nitrogens is 9. The molecule has 0 atom stereocenters. The number of piperidine rings is 1. The fraction of sp³-hybridized carbons (Fsp3) is 0.486. The molecule has 3 aliphatic rings. The summed E-state index contributed by atoms with van der Waals surface area (Å²) in [4.78, 5) is 35.6. The van der Waals surface area contributed by atoms with Crippen molar-refractivity contribution in [1.29, 1.82) is 0 Å². The van der Waals surface area contributed by atoms with Crippen molar-refractivity contribution in [2.45, 2.75) is 165 Å². The quantitative estimate of drug-likeness (QED) is 0.171. The van der Waals surface area contributed by atoms with Gasteiger partial charge in [0.25, 0.3) is 0 Å². The highest BCUT2D eigenvalue weighted by atomic mass is 16.5. The van der Waals surface area contributed by atoms with Crippen LogP contribution in [-0.4, -0.2) is 109 Å². The van der Waals surface area contributed by atoms with Gasteiger partial charge in [0, 0.05) is 70.9 Å². The van der Waals surface area contributed by atoms with Gasteiger partial charge in [-0.3, -0.25) is 13.2 Å². The molecule has 0 bridgehead atoms. The first-order valence-electron chi connectivity index (χ1n) is 32.3. The summed E-state index contributed by atoms with van der Waals surface area (Å²) in [5, 5.41) is 3.38. The van der Waals surface area contributed by atoms with Gasteiger partial charge in [-0.05, 0) is 113 Å². The van der Waals surface area contributed by atoms with E-state index >= 15 is 0 Å². The van der Waals surface area contributed by atoms with Gasteiger partial charge in [0.05, 0.1) is 64.5 Å². The second-order valence-electron chi connectivity index (χ2n) is 17.0. The number of aryl methyl sites for hydroxylation is 3. The van der Waals surface area contributed by atoms with Crippen LogP contribution in [0, 0.1) is 20.8 Å². The fourth-order valence-electron chi connectivity index (χ4n) is 9.27. The Labute approximate surface area is 509 Å². The Hall–Kier alpha value is -7.16. The van der Waals surface area contributed by atoms with E-state index < -0.39 is 0 Å². The zero-order valence-corrected chi connectivity index (χ0v) is 56.1. The molecule has 9 aromatic rings. The zero-order chi connectivity index (χ0) is 62.8. The molecule has 3 fully saturated rings. The van der Waals surface area contributed by atoms with Gasteiger partial charge in [-0.2, -0.15) is 0 Å². The highest BCUT2D eigenvalue weighted by Crippen LogP contribution is 2.29. The number of hydrogen-bond donors (Lipinski definition) is 1. The van der Waals surface area contributed by atoms with E-state index in [4.69, 9.17) is 19.7 Å². The lowest BCUT2D eigenvalue weighted by molar-refractivity contribution is 0.122. The smallest absolute Gasteiger partial charge is 0.137 e. The van der Waals surface area contributed by atoms with E-state index in [1.165, 1.54) is 19.3 Å². The Morgan fingerprint density at radius 1 is 0.321 bits per heavy atom. The minimum Gasteiger partial charge on any atom is -0.378 e. The summed E-state index contributed by atoms with van der Waals surface area (Å²) in [6, 6.07) is 36.9. The third-order valence-electron chi connectivity index (χ3n) is 12.5. The number of piperazine rings is 1. The molecule has 3 saturated heterocycles. The van der Waals surface area contributed by atoms with Gasteiger partial charge in [0.1, 0.15) is 34.4 Å². The standard InChI is InChI=1S/C18H20N4.C17H19N5.C17H18N4O.9C2H6/c1-14-18(22-13-6-3-9-17(22)19-14)15-8-7-10-16(20-15)21-11-4-2-5-12-21;1-13-17(22-10-3-2-6-16(22)19-13)14-5-4-7-15(20-14)21-11-8-18-9-12-21;1-13-17(21-8-3-2-6-16(21)18-13)14-5-4-7-15(19-14)20-9-11-22-12-10-20;9*1-2/h3,6-10,13H,2,4-5,11-12H2,1H3;2-7,10,18H,8-9,11-12H2,1H3;2-8H,9-12H2,1H3;9*1-2H3. The maximum atomic E-state index is 5.42. The number of ether oxygens (including phenoxy) is 1. The number of nitrogens with one attached hydrogen (secondary N) is 1. The van der Waals surface area contributed by atoms with Crippen LogP contribution in [-0.2, 0) is 4.74 Å². The predicted molar refractivity (Wildman–Crippen MR) is 366 cm³/mol. The lowest BCUT2D eigenvalue weighted by atomic mass is 10.1. The van der Waals surface area contributed by atoms with Crippen LogP contribution in [0.3, 0.4) is 0 Å². The van der Waals surface area contributed by atoms with Crippen molar-refractivity contribution in [1.82, 2.24) is 48.4 Å². The Morgan fingerprint density at radius 3 is 0.940 bits per heavy atom. The number of anilines is 3. The van der Waals surface area contributed by atoms with Crippen molar-refractivity contribution in [3.8, 4) is 34.2 Å². The number of pyridine rings is 6. The summed E-state index contributed by atoms with van der Waals surface area (Å²) in [6.45, 7) is 51.7. The van der Waals surface area contributed by atoms with Gasteiger partial charge in [-0.15, -0.1) is 0 Å². The predicted octanol–water partition coefficient (Wildman–Crippen LogP) is 17.6. The first-order chi connectivity index (χ1) is 41.5. The average Bonchev–Trinajstić information content (AvgIpc) is 4.29. The second-order valence-corrected chi connectivity index (χ2v) is 17.0. The number of fused-ring (bicyclic) bond motifs is 3. The molecule has 0 aromatic carbocycles. The normalized spacial score (nSPS) is 12.8. The van der Waals surface area contributed by atoms with E-state index in [-0.39, 0.29) is 0 Å². The molecular weight excluding hydrogens is 1040 g/mol. The van der Waals surface area contributed by atoms with Crippen LogP contribution in [0.1, 0.15) is 161 Å². The van der Waals surface area contributed by atoms with Crippen molar-refractivity contribution in [3.63, 3.8) is 0 Å². The molecule has 14 heteroatoms. The van der Waals surface area contributed by atoms with Crippen LogP contribution >= 0.6 is 0 Å². The van der Waals surface area contributed by atoms with E-state index in [2.05, 4.69) is 110 Å². The van der Waals surface area contributed by atoms with Crippen LogP contribution in [0.15, 0.2) is 128 Å². The molecule has 0 aliphatic carbocycles. The lowest BCUT2D eigenvalue weighted by Gasteiger charge is -2.28. The summed E-state index contributed by atoms with van der Waals surface area (Å²) in [7, 11) is 0. The molecule has 12 rings (SSSR count). The van der Waals surface area contributed by atoms with Crippen molar-refractivity contribution >= 4 is 34.4 Å². The first kappa shape index (κ1) is 74.9. The van der Waals surface area contributed by atoms with Gasteiger partial charge < -0.3 is 24.8 Å². The Bertz CT molecular complexity index is 2740. The van der Waals surface area contributed by atoms with Gasteiger partial charge >= 0.3 is 0 Å². The summed E-state index contributed by atoms with van der Waals surface area (Å²) in [5.74, 6) is 3.14. The van der Waals surface area contributed by atoms with Crippen LogP contribution in [0.5, 0.6) is 0 Å². The molecule has 9 aromatic heterocycles. The fourth-order valence-corrected chi connectivity index (χ4v) is 9.27.